The van der Waals surface area contributed by atoms with Gasteiger partial charge in [0.05, 0.1) is 18.8 Å². The fourth-order valence-electron chi connectivity index (χ4n) is 2.41. The number of morpholine rings is 1. The van der Waals surface area contributed by atoms with Crippen LogP contribution in [0.1, 0.15) is 11.6 Å². The maximum atomic E-state index is 13.1. The maximum absolute atomic E-state index is 13.1. The van der Waals surface area contributed by atoms with Gasteiger partial charge in [-0.05, 0) is 31.8 Å². The first-order valence-corrected chi connectivity index (χ1v) is 6.42. The van der Waals surface area contributed by atoms with Crippen LogP contribution in [0.25, 0.3) is 0 Å². The molecule has 1 saturated heterocycles. The van der Waals surface area contributed by atoms with E-state index < -0.39 is 0 Å². The van der Waals surface area contributed by atoms with Crippen LogP contribution in [-0.4, -0.2) is 44.8 Å². The number of halogens is 2. The number of nitrogens with zero attached hydrogens (tertiary/aromatic N) is 1. The molecule has 0 saturated carbocycles. The zero-order chi connectivity index (χ0) is 13.1. The van der Waals surface area contributed by atoms with E-state index in [4.69, 9.17) is 16.3 Å². The van der Waals surface area contributed by atoms with Crippen molar-refractivity contribution in [2.45, 2.75) is 12.1 Å². The van der Waals surface area contributed by atoms with Gasteiger partial charge in [0.2, 0.25) is 0 Å². The number of hydrogen-bond donors (Lipinski definition) is 1. The summed E-state index contributed by atoms with van der Waals surface area (Å²) in [5.74, 6) is -0.312. The molecule has 3 nitrogen and oxygen atoms in total. The molecule has 1 fully saturated rings. The van der Waals surface area contributed by atoms with Gasteiger partial charge in [-0.1, -0.05) is 17.7 Å². The monoisotopic (exact) mass is 272 g/mol. The Morgan fingerprint density at radius 3 is 3.00 bits per heavy atom. The molecular formula is C13H18ClFN2O. The molecule has 2 rings (SSSR count). The lowest BCUT2D eigenvalue weighted by atomic mass is 9.98. The molecule has 5 heteroatoms. The highest BCUT2D eigenvalue weighted by atomic mass is 35.5. The number of nitrogens with one attached hydrogen (secondary N) is 1. The summed E-state index contributed by atoms with van der Waals surface area (Å²) in [6.07, 6.45) is 0.0247. The second kappa shape index (κ2) is 5.97. The number of likely N-dealkylation sites (N-methyl/N-ethyl adjacent to an activating group) is 2. The Balaban J connectivity index is 2.31. The third-order valence-corrected chi connectivity index (χ3v) is 3.62. The van der Waals surface area contributed by atoms with Crippen molar-refractivity contribution in [2.75, 3.05) is 33.8 Å². The van der Waals surface area contributed by atoms with Gasteiger partial charge >= 0.3 is 0 Å². The van der Waals surface area contributed by atoms with Gasteiger partial charge < -0.3 is 10.1 Å². The van der Waals surface area contributed by atoms with Crippen molar-refractivity contribution in [1.82, 2.24) is 10.2 Å². The Morgan fingerprint density at radius 1 is 1.56 bits per heavy atom. The van der Waals surface area contributed by atoms with Gasteiger partial charge in [0.15, 0.2) is 0 Å². The molecule has 0 amide bonds. The molecule has 0 radical (unpaired) electrons. The molecule has 1 aromatic carbocycles. The van der Waals surface area contributed by atoms with Crippen LogP contribution in [0.4, 0.5) is 4.39 Å². The molecule has 1 heterocycles. The number of ether oxygens (including phenoxy) is 1. The lowest BCUT2D eigenvalue weighted by Gasteiger charge is -2.39. The minimum atomic E-state index is -0.312. The second-order valence-corrected chi connectivity index (χ2v) is 4.97. The average Bonchev–Trinajstić information content (AvgIpc) is 2.31. The Bertz CT molecular complexity index is 414. The van der Waals surface area contributed by atoms with Gasteiger partial charge in [0.25, 0.3) is 0 Å². The number of hydrogen-bond acceptors (Lipinski definition) is 3. The topological polar surface area (TPSA) is 24.5 Å². The predicted octanol–water partition coefficient (Wildman–Crippen LogP) is 2.07. The summed E-state index contributed by atoms with van der Waals surface area (Å²) < 4.78 is 18.9. The Labute approximate surface area is 112 Å². The summed E-state index contributed by atoms with van der Waals surface area (Å²) >= 11 is 6.15. The van der Waals surface area contributed by atoms with Crippen LogP contribution in [0.5, 0.6) is 0 Å². The Kier molecular flexibility index (Phi) is 4.56. The molecule has 1 aliphatic heterocycles. The molecular weight excluding hydrogens is 255 g/mol. The fourth-order valence-corrected chi connectivity index (χ4v) is 2.69. The van der Waals surface area contributed by atoms with Crippen LogP contribution in [0.2, 0.25) is 5.02 Å². The molecule has 18 heavy (non-hydrogen) atoms. The van der Waals surface area contributed by atoms with Gasteiger partial charge in [0.1, 0.15) is 5.82 Å². The first-order chi connectivity index (χ1) is 8.63. The summed E-state index contributed by atoms with van der Waals surface area (Å²) in [5.41, 5.74) is 0.917. The molecule has 1 aliphatic rings. The fraction of sp³-hybridized carbons (Fsp3) is 0.538. The first-order valence-electron chi connectivity index (χ1n) is 6.05. The molecule has 0 spiro atoms. The summed E-state index contributed by atoms with van der Waals surface area (Å²) in [7, 11) is 3.93. The smallest absolute Gasteiger partial charge is 0.124 e. The summed E-state index contributed by atoms with van der Waals surface area (Å²) in [4.78, 5) is 2.20. The van der Waals surface area contributed by atoms with E-state index >= 15 is 0 Å². The van der Waals surface area contributed by atoms with E-state index in [0.717, 1.165) is 18.7 Å². The molecule has 100 valence electrons. The molecule has 2 unspecified atom stereocenters. The van der Waals surface area contributed by atoms with Gasteiger partial charge in [-0.2, -0.15) is 0 Å². The highest BCUT2D eigenvalue weighted by molar-refractivity contribution is 6.31. The van der Waals surface area contributed by atoms with Crippen molar-refractivity contribution in [3.05, 3.63) is 34.6 Å². The molecule has 1 aromatic rings. The van der Waals surface area contributed by atoms with E-state index in [0.29, 0.717) is 11.6 Å². The third-order valence-electron chi connectivity index (χ3n) is 3.29. The lowest BCUT2D eigenvalue weighted by Crippen LogP contribution is -2.47. The van der Waals surface area contributed by atoms with Crippen LogP contribution in [0.3, 0.4) is 0 Å². The van der Waals surface area contributed by atoms with Crippen molar-refractivity contribution in [3.8, 4) is 0 Å². The van der Waals surface area contributed by atoms with Crippen LogP contribution in [0, 0.1) is 5.82 Å². The molecule has 0 aliphatic carbocycles. The van der Waals surface area contributed by atoms with E-state index in [1.165, 1.54) is 12.1 Å². The highest BCUT2D eigenvalue weighted by Gasteiger charge is 2.32. The largest absolute Gasteiger partial charge is 0.374 e. The van der Waals surface area contributed by atoms with E-state index in [9.17, 15) is 4.39 Å². The predicted molar refractivity (Wildman–Crippen MR) is 70.4 cm³/mol. The minimum absolute atomic E-state index is 0.0247. The standard InChI is InChI=1S/C13H18ClFN2O/c1-16-8-12-13(17(2)5-6-18-12)10-4-3-9(15)7-11(10)14/h3-4,7,12-13,16H,5-6,8H2,1-2H3. The molecule has 0 aromatic heterocycles. The summed E-state index contributed by atoms with van der Waals surface area (Å²) in [6, 6.07) is 4.60. The van der Waals surface area contributed by atoms with E-state index in [-0.39, 0.29) is 18.0 Å². The minimum Gasteiger partial charge on any atom is -0.374 e. The van der Waals surface area contributed by atoms with Crippen LogP contribution >= 0.6 is 11.6 Å². The van der Waals surface area contributed by atoms with Gasteiger partial charge in [-0.3, -0.25) is 4.90 Å². The number of rotatable bonds is 3. The van der Waals surface area contributed by atoms with Crippen LogP contribution in [0.15, 0.2) is 18.2 Å². The lowest BCUT2D eigenvalue weighted by molar-refractivity contribution is -0.0606. The van der Waals surface area contributed by atoms with Crippen molar-refractivity contribution in [3.63, 3.8) is 0 Å². The maximum Gasteiger partial charge on any atom is 0.124 e. The zero-order valence-corrected chi connectivity index (χ0v) is 11.4. The highest BCUT2D eigenvalue weighted by Crippen LogP contribution is 2.33. The summed E-state index contributed by atoms with van der Waals surface area (Å²) in [6.45, 7) is 2.29. The van der Waals surface area contributed by atoms with Crippen molar-refractivity contribution in [1.29, 1.82) is 0 Å². The van der Waals surface area contributed by atoms with E-state index in [1.807, 2.05) is 14.1 Å². The van der Waals surface area contributed by atoms with Crippen LogP contribution < -0.4 is 5.32 Å². The molecule has 0 bridgehead atoms. The van der Waals surface area contributed by atoms with E-state index in [1.54, 1.807) is 6.07 Å². The first kappa shape index (κ1) is 13.7. The third kappa shape index (κ3) is 2.83. The number of benzene rings is 1. The normalized spacial score (nSPS) is 25.3. The second-order valence-electron chi connectivity index (χ2n) is 4.56. The van der Waals surface area contributed by atoms with Gasteiger partial charge in [-0.25, -0.2) is 4.39 Å². The van der Waals surface area contributed by atoms with E-state index in [2.05, 4.69) is 10.2 Å². The molecule has 1 N–H and O–H groups in total. The summed E-state index contributed by atoms with van der Waals surface area (Å²) in [5, 5.41) is 3.58. The average molecular weight is 273 g/mol. The zero-order valence-electron chi connectivity index (χ0n) is 10.6. The Morgan fingerprint density at radius 2 is 2.33 bits per heavy atom. The van der Waals surface area contributed by atoms with Crippen LogP contribution in [-0.2, 0) is 4.74 Å². The SMILES string of the molecule is CNCC1OCCN(C)C1c1ccc(F)cc1Cl. The van der Waals surface area contributed by atoms with Gasteiger partial charge in [0, 0.05) is 18.1 Å². The molecule has 2 atom stereocenters. The van der Waals surface area contributed by atoms with Crippen molar-refractivity contribution < 1.29 is 9.13 Å². The Hall–Kier alpha value is -0.680. The van der Waals surface area contributed by atoms with Crippen molar-refractivity contribution in [2.24, 2.45) is 0 Å². The quantitative estimate of drug-likeness (QED) is 0.912. The van der Waals surface area contributed by atoms with Gasteiger partial charge in [-0.15, -0.1) is 0 Å². The van der Waals surface area contributed by atoms with Crippen molar-refractivity contribution >= 4 is 11.6 Å².